The van der Waals surface area contributed by atoms with E-state index >= 15 is 0 Å². The number of hydrogen-bond donors (Lipinski definition) is 2. The molecule has 0 unspecified atom stereocenters. The van der Waals surface area contributed by atoms with E-state index in [4.69, 9.17) is 5.73 Å². The Morgan fingerprint density at radius 1 is 1.25 bits per heavy atom. The highest BCUT2D eigenvalue weighted by Gasteiger charge is 2.17. The first-order valence-electron chi connectivity index (χ1n) is 7.21. The smallest absolute Gasteiger partial charge is 0.244 e. The molecule has 0 radical (unpaired) electrons. The summed E-state index contributed by atoms with van der Waals surface area (Å²) >= 11 is 0. The summed E-state index contributed by atoms with van der Waals surface area (Å²) in [5, 5.41) is 2.97. The molecule has 0 saturated heterocycles. The third kappa shape index (κ3) is 5.47. The van der Waals surface area contributed by atoms with E-state index in [2.05, 4.69) is 33.0 Å². The average molecular weight is 274 g/mol. The summed E-state index contributed by atoms with van der Waals surface area (Å²) in [5.41, 5.74) is 7.33. The largest absolute Gasteiger partial charge is 0.399 e. The molecule has 0 bridgehead atoms. The molecule has 3 heteroatoms. The van der Waals surface area contributed by atoms with Crippen molar-refractivity contribution in [1.82, 2.24) is 5.32 Å². The highest BCUT2D eigenvalue weighted by Crippen LogP contribution is 2.19. The lowest BCUT2D eigenvalue weighted by Gasteiger charge is -2.24. The van der Waals surface area contributed by atoms with Crippen LogP contribution in [0.15, 0.2) is 30.3 Å². The molecule has 0 heterocycles. The van der Waals surface area contributed by atoms with Crippen molar-refractivity contribution in [2.45, 2.75) is 27.7 Å². The lowest BCUT2D eigenvalue weighted by atomic mass is 9.85. The maximum atomic E-state index is 11.8. The molecule has 0 aromatic heterocycles. The summed E-state index contributed by atoms with van der Waals surface area (Å²) in [5.74, 6) is 1.57. The van der Waals surface area contributed by atoms with Gasteiger partial charge in [0.15, 0.2) is 0 Å². The standard InChI is InChI=1S/C17H26N2O/c1-12(2)16(13(3)4)11-19-17(20)9-8-14-6-5-7-15(18)10-14/h5-10,12-13,16H,11,18H2,1-4H3,(H,19,20)/b9-8+. The molecule has 0 atom stereocenters. The van der Waals surface area contributed by atoms with Crippen LogP contribution in [0, 0.1) is 17.8 Å². The van der Waals surface area contributed by atoms with Crippen LogP contribution in [-0.4, -0.2) is 12.5 Å². The van der Waals surface area contributed by atoms with Gasteiger partial charge in [-0.1, -0.05) is 39.8 Å². The van der Waals surface area contributed by atoms with Crippen LogP contribution in [0.4, 0.5) is 5.69 Å². The van der Waals surface area contributed by atoms with Crippen LogP contribution in [0.3, 0.4) is 0 Å². The van der Waals surface area contributed by atoms with E-state index in [9.17, 15) is 4.79 Å². The van der Waals surface area contributed by atoms with Gasteiger partial charge in [-0.2, -0.15) is 0 Å². The maximum Gasteiger partial charge on any atom is 0.244 e. The summed E-state index contributed by atoms with van der Waals surface area (Å²) < 4.78 is 0. The van der Waals surface area contributed by atoms with E-state index in [0.29, 0.717) is 23.4 Å². The molecule has 1 aromatic rings. The van der Waals surface area contributed by atoms with Crippen LogP contribution >= 0.6 is 0 Å². The Balaban J connectivity index is 2.51. The second kappa shape index (κ2) is 7.73. The topological polar surface area (TPSA) is 55.1 Å². The summed E-state index contributed by atoms with van der Waals surface area (Å²) in [4.78, 5) is 11.8. The molecule has 1 aromatic carbocycles. The van der Waals surface area contributed by atoms with Crippen molar-refractivity contribution < 1.29 is 4.79 Å². The van der Waals surface area contributed by atoms with Gasteiger partial charge in [-0.15, -0.1) is 0 Å². The molecule has 20 heavy (non-hydrogen) atoms. The number of rotatable bonds is 6. The third-order valence-corrected chi connectivity index (χ3v) is 3.56. The van der Waals surface area contributed by atoms with Crippen LogP contribution in [0.2, 0.25) is 0 Å². The number of anilines is 1. The molecule has 3 nitrogen and oxygen atoms in total. The van der Waals surface area contributed by atoms with E-state index < -0.39 is 0 Å². The van der Waals surface area contributed by atoms with Crippen LogP contribution in [-0.2, 0) is 4.79 Å². The lowest BCUT2D eigenvalue weighted by Crippen LogP contribution is -2.32. The second-order valence-electron chi connectivity index (χ2n) is 5.90. The highest BCUT2D eigenvalue weighted by atomic mass is 16.1. The second-order valence-corrected chi connectivity index (χ2v) is 5.90. The quantitative estimate of drug-likeness (QED) is 0.617. The Morgan fingerprint density at radius 2 is 1.90 bits per heavy atom. The zero-order valence-electron chi connectivity index (χ0n) is 12.9. The van der Waals surface area contributed by atoms with Gasteiger partial charge in [-0.05, 0) is 41.5 Å². The van der Waals surface area contributed by atoms with Crippen molar-refractivity contribution in [3.8, 4) is 0 Å². The monoisotopic (exact) mass is 274 g/mol. The van der Waals surface area contributed by atoms with Gasteiger partial charge in [0.05, 0.1) is 0 Å². The first-order chi connectivity index (χ1) is 9.40. The van der Waals surface area contributed by atoms with Crippen molar-refractivity contribution in [3.05, 3.63) is 35.9 Å². The predicted molar refractivity (Wildman–Crippen MR) is 86.1 cm³/mol. The van der Waals surface area contributed by atoms with Crippen molar-refractivity contribution in [3.63, 3.8) is 0 Å². The van der Waals surface area contributed by atoms with Crippen molar-refractivity contribution in [1.29, 1.82) is 0 Å². The van der Waals surface area contributed by atoms with Gasteiger partial charge in [0, 0.05) is 18.3 Å². The number of carbonyl (C=O) groups excluding carboxylic acids is 1. The zero-order chi connectivity index (χ0) is 15.1. The van der Waals surface area contributed by atoms with Crippen molar-refractivity contribution in [2.75, 3.05) is 12.3 Å². The summed E-state index contributed by atoms with van der Waals surface area (Å²) in [6.07, 6.45) is 3.35. The van der Waals surface area contributed by atoms with Gasteiger partial charge in [0.1, 0.15) is 0 Å². The Labute approximate surface area is 122 Å². The minimum Gasteiger partial charge on any atom is -0.399 e. The highest BCUT2D eigenvalue weighted by molar-refractivity contribution is 5.91. The first-order valence-corrected chi connectivity index (χ1v) is 7.21. The van der Waals surface area contributed by atoms with Crippen LogP contribution < -0.4 is 11.1 Å². The first kappa shape index (κ1) is 16.3. The van der Waals surface area contributed by atoms with E-state index in [1.807, 2.05) is 24.3 Å². The fourth-order valence-corrected chi connectivity index (χ4v) is 2.35. The third-order valence-electron chi connectivity index (χ3n) is 3.56. The molecule has 0 aliphatic rings. The SMILES string of the molecule is CC(C)C(CNC(=O)/C=C/c1cccc(N)c1)C(C)C. The number of nitrogens with one attached hydrogen (secondary N) is 1. The Bertz CT molecular complexity index is 456. The Hall–Kier alpha value is -1.77. The lowest BCUT2D eigenvalue weighted by molar-refractivity contribution is -0.116. The van der Waals surface area contributed by atoms with Crippen molar-refractivity contribution in [2.24, 2.45) is 17.8 Å². The summed E-state index contributed by atoms with van der Waals surface area (Å²) in [6, 6.07) is 7.47. The molecule has 0 spiro atoms. The number of amides is 1. The molecule has 1 rings (SSSR count). The van der Waals surface area contributed by atoms with Crippen LogP contribution in [0.25, 0.3) is 6.08 Å². The van der Waals surface area contributed by atoms with Gasteiger partial charge in [-0.25, -0.2) is 0 Å². The number of hydrogen-bond acceptors (Lipinski definition) is 2. The Kier molecular flexibility index (Phi) is 6.29. The molecule has 0 aliphatic carbocycles. The van der Waals surface area contributed by atoms with Crippen LogP contribution in [0.1, 0.15) is 33.3 Å². The molecule has 0 aliphatic heterocycles. The fraction of sp³-hybridized carbons (Fsp3) is 0.471. The van der Waals surface area contributed by atoms with Crippen molar-refractivity contribution >= 4 is 17.7 Å². The van der Waals surface area contributed by atoms with E-state index in [1.165, 1.54) is 0 Å². The summed E-state index contributed by atoms with van der Waals surface area (Å²) in [6.45, 7) is 9.49. The minimum atomic E-state index is -0.0567. The number of benzene rings is 1. The summed E-state index contributed by atoms with van der Waals surface area (Å²) in [7, 11) is 0. The van der Waals surface area contributed by atoms with Crippen LogP contribution in [0.5, 0.6) is 0 Å². The van der Waals surface area contributed by atoms with E-state index in [1.54, 1.807) is 12.2 Å². The van der Waals surface area contributed by atoms with Gasteiger partial charge in [0.25, 0.3) is 0 Å². The van der Waals surface area contributed by atoms with Gasteiger partial charge >= 0.3 is 0 Å². The van der Waals surface area contributed by atoms with E-state index in [-0.39, 0.29) is 5.91 Å². The molecule has 0 saturated carbocycles. The van der Waals surface area contributed by atoms with E-state index in [0.717, 1.165) is 12.1 Å². The Morgan fingerprint density at radius 3 is 2.45 bits per heavy atom. The predicted octanol–water partition coefficient (Wildman–Crippen LogP) is 3.33. The minimum absolute atomic E-state index is 0.0567. The van der Waals surface area contributed by atoms with Gasteiger partial charge in [0.2, 0.25) is 5.91 Å². The molecular formula is C17H26N2O. The fourth-order valence-electron chi connectivity index (χ4n) is 2.35. The number of nitrogens with two attached hydrogens (primary N) is 1. The molecule has 0 fully saturated rings. The van der Waals surface area contributed by atoms with Gasteiger partial charge < -0.3 is 11.1 Å². The maximum absolute atomic E-state index is 11.8. The number of carbonyl (C=O) groups is 1. The molecule has 1 amide bonds. The zero-order valence-corrected chi connectivity index (χ0v) is 12.9. The normalized spacial score (nSPS) is 11.8. The molecule has 3 N–H and O–H groups in total. The molecule has 110 valence electrons. The average Bonchev–Trinajstić information content (AvgIpc) is 2.35. The van der Waals surface area contributed by atoms with Gasteiger partial charge in [-0.3, -0.25) is 4.79 Å². The number of nitrogen functional groups attached to an aromatic ring is 1. The molecular weight excluding hydrogens is 248 g/mol.